The van der Waals surface area contributed by atoms with Crippen LogP contribution in [0.2, 0.25) is 25.2 Å². The molecule has 94 valence electrons. The molecular formula is C12H20N2O2Si. The zero-order chi connectivity index (χ0) is 13.1. The largest absolute Gasteiger partial charge is 0.330 e. The Morgan fingerprint density at radius 2 is 1.82 bits per heavy atom. The highest BCUT2D eigenvalue weighted by atomic mass is 28.3. The summed E-state index contributed by atoms with van der Waals surface area (Å²) in [5.41, 5.74) is 7.61. The summed E-state index contributed by atoms with van der Waals surface area (Å²) in [5, 5.41) is 10.5. The molecule has 0 radical (unpaired) electrons. The molecular weight excluding hydrogens is 232 g/mol. The molecule has 0 bridgehead atoms. The van der Waals surface area contributed by atoms with Crippen LogP contribution in [0, 0.1) is 10.1 Å². The average Bonchev–Trinajstić information content (AvgIpc) is 2.24. The molecule has 2 N–H and O–H groups in total. The maximum atomic E-state index is 10.5. The molecule has 0 amide bonds. The van der Waals surface area contributed by atoms with Gasteiger partial charge in [0.25, 0.3) is 5.69 Å². The number of nitrogens with two attached hydrogens (primary N) is 1. The lowest BCUT2D eigenvalue weighted by molar-refractivity contribution is -0.384. The first kappa shape index (κ1) is 13.9. The van der Waals surface area contributed by atoms with Crippen molar-refractivity contribution in [2.24, 2.45) is 5.73 Å². The Balaban J connectivity index is 2.78. The predicted molar refractivity (Wildman–Crippen MR) is 73.0 cm³/mol. The maximum absolute atomic E-state index is 10.5. The van der Waals surface area contributed by atoms with E-state index in [0.717, 1.165) is 12.0 Å². The number of rotatable bonds is 5. The lowest BCUT2D eigenvalue weighted by atomic mass is 10.1. The van der Waals surface area contributed by atoms with Crippen LogP contribution >= 0.6 is 0 Å². The molecule has 0 spiro atoms. The van der Waals surface area contributed by atoms with Crippen LogP contribution in [0.4, 0.5) is 5.69 Å². The third-order valence-electron chi connectivity index (χ3n) is 3.14. The first-order valence-electron chi connectivity index (χ1n) is 5.78. The fourth-order valence-corrected chi connectivity index (χ4v) is 3.34. The summed E-state index contributed by atoms with van der Waals surface area (Å²) in [6, 6.07) is 6.79. The minimum atomic E-state index is -1.26. The number of nitrogens with zero attached hydrogens (tertiary/aromatic N) is 1. The van der Waals surface area contributed by atoms with Crippen LogP contribution in [0.3, 0.4) is 0 Å². The molecule has 1 rings (SSSR count). The van der Waals surface area contributed by atoms with E-state index in [2.05, 4.69) is 19.6 Å². The van der Waals surface area contributed by atoms with Crippen molar-refractivity contribution in [3.05, 3.63) is 39.9 Å². The summed E-state index contributed by atoms with van der Waals surface area (Å²) < 4.78 is 0. The standard InChI is InChI=1S/C12H20N2O2Si/c1-17(2,3)12(9-13)8-10-4-6-11(7-5-10)14(15)16/h4-7,12H,8-9,13H2,1-3H3. The van der Waals surface area contributed by atoms with Gasteiger partial charge in [-0.2, -0.15) is 0 Å². The minimum absolute atomic E-state index is 0.144. The summed E-state index contributed by atoms with van der Waals surface area (Å²) in [6.45, 7) is 7.59. The molecule has 0 aliphatic heterocycles. The SMILES string of the molecule is C[Si](C)(C)C(CN)Cc1ccc([N+](=O)[O-])cc1. The van der Waals surface area contributed by atoms with E-state index in [0.29, 0.717) is 12.1 Å². The molecule has 0 saturated carbocycles. The van der Waals surface area contributed by atoms with Crippen LogP contribution in [0.1, 0.15) is 5.56 Å². The van der Waals surface area contributed by atoms with Crippen molar-refractivity contribution in [1.29, 1.82) is 0 Å². The van der Waals surface area contributed by atoms with Crippen molar-refractivity contribution in [1.82, 2.24) is 0 Å². The van der Waals surface area contributed by atoms with Gasteiger partial charge in [0.2, 0.25) is 0 Å². The molecule has 0 saturated heterocycles. The number of hydrogen-bond acceptors (Lipinski definition) is 3. The highest BCUT2D eigenvalue weighted by molar-refractivity contribution is 6.77. The van der Waals surface area contributed by atoms with Gasteiger partial charge in [0.1, 0.15) is 0 Å². The normalized spacial score (nSPS) is 13.4. The topological polar surface area (TPSA) is 69.2 Å². The Kier molecular flexibility index (Phi) is 4.42. The predicted octanol–water partition coefficient (Wildman–Crippen LogP) is 2.80. The molecule has 1 aromatic carbocycles. The zero-order valence-electron chi connectivity index (χ0n) is 10.6. The van der Waals surface area contributed by atoms with Crippen molar-refractivity contribution < 1.29 is 4.92 Å². The van der Waals surface area contributed by atoms with Crippen molar-refractivity contribution in [2.75, 3.05) is 6.54 Å². The van der Waals surface area contributed by atoms with E-state index in [1.807, 2.05) is 12.1 Å². The van der Waals surface area contributed by atoms with Crippen molar-refractivity contribution in [3.63, 3.8) is 0 Å². The molecule has 0 aromatic heterocycles. The Hall–Kier alpha value is -1.20. The molecule has 4 nitrogen and oxygen atoms in total. The Labute approximate surface area is 103 Å². The second-order valence-corrected chi connectivity index (χ2v) is 11.0. The molecule has 0 fully saturated rings. The van der Waals surface area contributed by atoms with Crippen LogP contribution in [-0.2, 0) is 6.42 Å². The zero-order valence-corrected chi connectivity index (χ0v) is 11.6. The summed E-state index contributed by atoms with van der Waals surface area (Å²) in [7, 11) is -1.26. The van der Waals surface area contributed by atoms with Crippen LogP contribution in [0.25, 0.3) is 0 Å². The fourth-order valence-electron chi connectivity index (χ4n) is 1.78. The number of non-ortho nitro benzene ring substituents is 1. The Morgan fingerprint density at radius 1 is 1.29 bits per heavy atom. The van der Waals surface area contributed by atoms with E-state index in [4.69, 9.17) is 5.73 Å². The van der Waals surface area contributed by atoms with Gasteiger partial charge in [-0.25, -0.2) is 0 Å². The van der Waals surface area contributed by atoms with E-state index < -0.39 is 8.07 Å². The van der Waals surface area contributed by atoms with Crippen molar-refractivity contribution in [3.8, 4) is 0 Å². The third kappa shape index (κ3) is 3.94. The van der Waals surface area contributed by atoms with Gasteiger partial charge in [-0.3, -0.25) is 10.1 Å². The Bertz CT molecular complexity index is 384. The lowest BCUT2D eigenvalue weighted by Crippen LogP contribution is -2.34. The van der Waals surface area contributed by atoms with Gasteiger partial charge in [-0.05, 0) is 24.1 Å². The molecule has 5 heteroatoms. The first-order valence-corrected chi connectivity index (χ1v) is 9.35. The molecule has 0 heterocycles. The van der Waals surface area contributed by atoms with E-state index in [-0.39, 0.29) is 10.6 Å². The highest BCUT2D eigenvalue weighted by Gasteiger charge is 2.25. The summed E-state index contributed by atoms with van der Waals surface area (Å²) in [6.07, 6.45) is 0.921. The van der Waals surface area contributed by atoms with E-state index in [9.17, 15) is 10.1 Å². The molecule has 17 heavy (non-hydrogen) atoms. The van der Waals surface area contributed by atoms with Gasteiger partial charge in [0, 0.05) is 20.2 Å². The average molecular weight is 252 g/mol. The number of nitro benzene ring substituents is 1. The monoisotopic (exact) mass is 252 g/mol. The maximum Gasteiger partial charge on any atom is 0.269 e. The van der Waals surface area contributed by atoms with Gasteiger partial charge in [0.15, 0.2) is 0 Å². The summed E-state index contributed by atoms with van der Waals surface area (Å²) in [4.78, 5) is 10.2. The van der Waals surface area contributed by atoms with Gasteiger partial charge in [-0.1, -0.05) is 31.8 Å². The number of hydrogen-bond donors (Lipinski definition) is 1. The minimum Gasteiger partial charge on any atom is -0.330 e. The molecule has 1 aromatic rings. The van der Waals surface area contributed by atoms with Gasteiger partial charge < -0.3 is 5.73 Å². The molecule has 0 aliphatic carbocycles. The summed E-state index contributed by atoms with van der Waals surface area (Å²) >= 11 is 0. The van der Waals surface area contributed by atoms with Gasteiger partial charge in [0.05, 0.1) is 4.92 Å². The van der Waals surface area contributed by atoms with Crippen LogP contribution in [0.15, 0.2) is 24.3 Å². The third-order valence-corrected chi connectivity index (χ3v) is 6.03. The second-order valence-electron chi connectivity index (χ2n) is 5.43. The molecule has 1 atom stereocenters. The van der Waals surface area contributed by atoms with Gasteiger partial charge in [-0.15, -0.1) is 0 Å². The Morgan fingerprint density at radius 3 is 2.18 bits per heavy atom. The quantitative estimate of drug-likeness (QED) is 0.497. The fraction of sp³-hybridized carbons (Fsp3) is 0.500. The molecule has 0 aliphatic rings. The van der Waals surface area contributed by atoms with Crippen molar-refractivity contribution >= 4 is 13.8 Å². The highest BCUT2D eigenvalue weighted by Crippen LogP contribution is 2.25. The van der Waals surface area contributed by atoms with Crippen LogP contribution in [0.5, 0.6) is 0 Å². The number of nitro groups is 1. The first-order chi connectivity index (χ1) is 7.84. The smallest absolute Gasteiger partial charge is 0.269 e. The van der Waals surface area contributed by atoms with E-state index >= 15 is 0 Å². The van der Waals surface area contributed by atoms with Crippen LogP contribution < -0.4 is 5.73 Å². The number of benzene rings is 1. The summed E-state index contributed by atoms with van der Waals surface area (Å²) in [5.74, 6) is 0. The lowest BCUT2D eigenvalue weighted by Gasteiger charge is -2.27. The molecule has 1 unspecified atom stereocenters. The van der Waals surface area contributed by atoms with E-state index in [1.165, 1.54) is 0 Å². The van der Waals surface area contributed by atoms with Crippen molar-refractivity contribution in [2.45, 2.75) is 31.6 Å². The second kappa shape index (κ2) is 5.42. The van der Waals surface area contributed by atoms with Crippen LogP contribution in [-0.4, -0.2) is 19.5 Å². The van der Waals surface area contributed by atoms with E-state index in [1.54, 1.807) is 12.1 Å². The van der Waals surface area contributed by atoms with Gasteiger partial charge >= 0.3 is 0 Å².